The second-order valence-corrected chi connectivity index (χ2v) is 6.58. The third kappa shape index (κ3) is 4.22. The Morgan fingerprint density at radius 1 is 1.29 bits per heavy atom. The molecule has 0 heterocycles. The van der Waals surface area contributed by atoms with Gasteiger partial charge >= 0.3 is 0 Å². The summed E-state index contributed by atoms with van der Waals surface area (Å²) in [5, 5.41) is 0. The van der Waals surface area contributed by atoms with Gasteiger partial charge in [-0.15, -0.1) is 0 Å². The van der Waals surface area contributed by atoms with Gasteiger partial charge in [0, 0.05) is 10.4 Å². The van der Waals surface area contributed by atoms with Crippen LogP contribution in [0.3, 0.4) is 0 Å². The molecule has 0 bridgehead atoms. The smallest absolute Gasteiger partial charge is 0.240 e. The number of carbonyl (C=O) groups excluding carboxylic acids is 1. The Morgan fingerprint density at radius 3 is 2.29 bits per heavy atom. The number of hydrogen-bond acceptors (Lipinski definition) is 3. The average Bonchev–Trinajstić information content (AvgIpc) is 2.26. The third-order valence-corrected chi connectivity index (χ3v) is 4.15. The van der Waals surface area contributed by atoms with E-state index in [1.165, 1.54) is 12.1 Å². The summed E-state index contributed by atoms with van der Waals surface area (Å²) < 4.78 is 26.7. The van der Waals surface area contributed by atoms with Gasteiger partial charge in [-0.3, -0.25) is 4.79 Å². The molecule has 0 spiro atoms. The molecule has 0 aliphatic rings. The van der Waals surface area contributed by atoms with Gasteiger partial charge in [-0.2, -0.15) is 0 Å². The van der Waals surface area contributed by atoms with Crippen LogP contribution in [0.5, 0.6) is 0 Å². The summed E-state index contributed by atoms with van der Waals surface area (Å²) in [5.41, 5.74) is 0. The highest BCUT2D eigenvalue weighted by molar-refractivity contribution is 9.10. The van der Waals surface area contributed by atoms with E-state index in [4.69, 9.17) is 0 Å². The average molecular weight is 320 g/mol. The summed E-state index contributed by atoms with van der Waals surface area (Å²) in [4.78, 5) is 11.5. The maximum absolute atomic E-state index is 11.8. The van der Waals surface area contributed by atoms with Crippen LogP contribution >= 0.6 is 15.9 Å². The number of carbonyl (C=O) groups is 1. The van der Waals surface area contributed by atoms with Crippen LogP contribution in [0.2, 0.25) is 0 Å². The molecule has 94 valence electrons. The van der Waals surface area contributed by atoms with Gasteiger partial charge in [0.15, 0.2) is 0 Å². The molecule has 0 aliphatic carbocycles. The summed E-state index contributed by atoms with van der Waals surface area (Å²) in [6.45, 7) is 3.29. The van der Waals surface area contributed by atoms with Crippen LogP contribution in [-0.2, 0) is 14.8 Å². The zero-order valence-corrected chi connectivity index (χ0v) is 12.0. The number of sulfonamides is 1. The highest BCUT2D eigenvalue weighted by atomic mass is 79.9. The topological polar surface area (TPSA) is 63.2 Å². The van der Waals surface area contributed by atoms with Crippen molar-refractivity contribution in [1.29, 1.82) is 0 Å². The summed E-state index contributed by atoms with van der Waals surface area (Å²) in [5.74, 6) is -0.312. The van der Waals surface area contributed by atoms with Crippen LogP contribution in [0.25, 0.3) is 0 Å². The number of hydrogen-bond donors (Lipinski definition) is 1. The van der Waals surface area contributed by atoms with Crippen molar-refractivity contribution < 1.29 is 13.2 Å². The first-order valence-corrected chi connectivity index (χ1v) is 7.38. The summed E-state index contributed by atoms with van der Waals surface area (Å²) in [7, 11) is -3.60. The van der Waals surface area contributed by atoms with Gasteiger partial charge in [-0.25, -0.2) is 13.1 Å². The van der Waals surface area contributed by atoms with E-state index in [9.17, 15) is 13.2 Å². The lowest BCUT2D eigenvalue weighted by molar-refractivity contribution is -0.120. The summed E-state index contributed by atoms with van der Waals surface area (Å²) in [6.07, 6.45) is 0. The fraction of sp³-hybridized carbons (Fsp3) is 0.364. The van der Waals surface area contributed by atoms with E-state index < -0.39 is 10.0 Å². The van der Waals surface area contributed by atoms with Gasteiger partial charge in [0.1, 0.15) is 5.78 Å². The Balaban J connectivity index is 2.76. The third-order valence-electron chi connectivity index (χ3n) is 2.20. The van der Waals surface area contributed by atoms with Crippen molar-refractivity contribution in [2.75, 3.05) is 6.54 Å². The van der Waals surface area contributed by atoms with Gasteiger partial charge in [-0.05, 0) is 24.3 Å². The first kappa shape index (κ1) is 14.3. The lowest BCUT2D eigenvalue weighted by atomic mass is 10.1. The molecule has 0 aromatic heterocycles. The fourth-order valence-corrected chi connectivity index (χ4v) is 2.33. The number of halogens is 1. The Hall–Kier alpha value is -0.720. The van der Waals surface area contributed by atoms with Gasteiger partial charge in [0.05, 0.1) is 11.4 Å². The van der Waals surface area contributed by atoms with E-state index in [2.05, 4.69) is 20.7 Å². The van der Waals surface area contributed by atoms with Crippen LogP contribution in [0.15, 0.2) is 33.6 Å². The molecule has 1 N–H and O–H groups in total. The van der Waals surface area contributed by atoms with Crippen molar-refractivity contribution in [3.63, 3.8) is 0 Å². The molecule has 4 nitrogen and oxygen atoms in total. The lowest BCUT2D eigenvalue weighted by Crippen LogP contribution is -2.31. The Bertz CT molecular complexity index is 494. The molecule has 0 atom stereocenters. The summed E-state index contributed by atoms with van der Waals surface area (Å²) >= 11 is 3.22. The van der Waals surface area contributed by atoms with E-state index in [0.717, 1.165) is 4.47 Å². The van der Waals surface area contributed by atoms with E-state index in [0.29, 0.717) is 0 Å². The Kier molecular flexibility index (Phi) is 4.85. The van der Waals surface area contributed by atoms with Gasteiger partial charge in [0.25, 0.3) is 0 Å². The second kappa shape index (κ2) is 5.75. The molecule has 0 amide bonds. The van der Waals surface area contributed by atoms with E-state index in [1.54, 1.807) is 26.0 Å². The maximum atomic E-state index is 11.8. The van der Waals surface area contributed by atoms with Crippen molar-refractivity contribution in [2.24, 2.45) is 5.92 Å². The van der Waals surface area contributed by atoms with Crippen LogP contribution in [0.4, 0.5) is 0 Å². The first-order chi connectivity index (χ1) is 7.83. The predicted octanol–water partition coefficient (Wildman–Crippen LogP) is 1.95. The predicted molar refractivity (Wildman–Crippen MR) is 69.2 cm³/mol. The maximum Gasteiger partial charge on any atom is 0.240 e. The van der Waals surface area contributed by atoms with Crippen LogP contribution in [0, 0.1) is 5.92 Å². The molecule has 1 aromatic carbocycles. The zero-order valence-electron chi connectivity index (χ0n) is 9.60. The van der Waals surface area contributed by atoms with E-state index in [1.807, 2.05) is 0 Å². The van der Waals surface area contributed by atoms with Gasteiger partial charge in [0.2, 0.25) is 10.0 Å². The van der Waals surface area contributed by atoms with E-state index in [-0.39, 0.29) is 23.1 Å². The molecule has 1 rings (SSSR count). The number of rotatable bonds is 5. The van der Waals surface area contributed by atoms with Crippen LogP contribution < -0.4 is 4.72 Å². The molecule has 0 saturated carbocycles. The van der Waals surface area contributed by atoms with Crippen molar-refractivity contribution in [3.05, 3.63) is 28.7 Å². The Morgan fingerprint density at radius 2 is 1.82 bits per heavy atom. The summed E-state index contributed by atoms with van der Waals surface area (Å²) in [6, 6.07) is 6.23. The molecule has 0 unspecified atom stereocenters. The van der Waals surface area contributed by atoms with Gasteiger partial charge < -0.3 is 0 Å². The molecule has 0 aliphatic heterocycles. The Labute approximate surface area is 110 Å². The normalized spacial score (nSPS) is 11.8. The molecule has 17 heavy (non-hydrogen) atoms. The van der Waals surface area contributed by atoms with Crippen molar-refractivity contribution in [2.45, 2.75) is 18.7 Å². The zero-order chi connectivity index (χ0) is 13.1. The SMILES string of the molecule is CC(C)C(=O)CNS(=O)(=O)c1ccc(Br)cc1. The molecule has 0 radical (unpaired) electrons. The van der Waals surface area contributed by atoms with Crippen LogP contribution in [-0.4, -0.2) is 20.7 Å². The highest BCUT2D eigenvalue weighted by Crippen LogP contribution is 2.14. The minimum Gasteiger partial charge on any atom is -0.298 e. The monoisotopic (exact) mass is 319 g/mol. The standard InChI is InChI=1S/C11H14BrNO3S/c1-8(2)11(14)7-13-17(15,16)10-5-3-9(12)4-6-10/h3-6,8,13H,7H2,1-2H3. The lowest BCUT2D eigenvalue weighted by Gasteiger charge is -2.07. The minimum atomic E-state index is -3.60. The molecule has 0 fully saturated rings. The molecular formula is C11H14BrNO3S. The quantitative estimate of drug-likeness (QED) is 0.902. The number of Topliss-reactive ketones (excluding diaryl/α,β-unsaturated/α-hetero) is 1. The molecule has 6 heteroatoms. The van der Waals surface area contributed by atoms with Crippen molar-refractivity contribution in [1.82, 2.24) is 4.72 Å². The second-order valence-electron chi connectivity index (χ2n) is 3.90. The van der Waals surface area contributed by atoms with Crippen molar-refractivity contribution in [3.8, 4) is 0 Å². The highest BCUT2D eigenvalue weighted by Gasteiger charge is 2.16. The molecular weight excluding hydrogens is 306 g/mol. The van der Waals surface area contributed by atoms with Crippen molar-refractivity contribution >= 4 is 31.7 Å². The minimum absolute atomic E-state index is 0.134. The molecule has 1 aromatic rings. The number of ketones is 1. The van der Waals surface area contributed by atoms with Crippen LogP contribution in [0.1, 0.15) is 13.8 Å². The van der Waals surface area contributed by atoms with E-state index >= 15 is 0 Å². The molecule has 0 saturated heterocycles. The number of benzene rings is 1. The van der Waals surface area contributed by atoms with Gasteiger partial charge in [-0.1, -0.05) is 29.8 Å². The first-order valence-electron chi connectivity index (χ1n) is 5.11. The number of nitrogens with one attached hydrogen (secondary N) is 1. The largest absolute Gasteiger partial charge is 0.298 e. The fourth-order valence-electron chi connectivity index (χ4n) is 1.07.